The molecule has 3 aromatic rings. The number of anilines is 2. The van der Waals surface area contributed by atoms with Crippen molar-refractivity contribution in [3.8, 4) is 0 Å². The van der Waals surface area contributed by atoms with Crippen molar-refractivity contribution in [3.63, 3.8) is 0 Å². The molecule has 4 heterocycles. The number of thiophene rings is 1. The van der Waals surface area contributed by atoms with E-state index in [2.05, 4.69) is 25.3 Å². The van der Waals surface area contributed by atoms with Crippen LogP contribution < -0.4 is 10.2 Å². The van der Waals surface area contributed by atoms with Gasteiger partial charge in [0.05, 0.1) is 10.2 Å². The van der Waals surface area contributed by atoms with Gasteiger partial charge in [-0.1, -0.05) is 0 Å². The lowest BCUT2D eigenvalue weighted by Crippen LogP contribution is -2.39. The van der Waals surface area contributed by atoms with Crippen LogP contribution in [0, 0.1) is 0 Å². The number of hydrogen-bond donors (Lipinski definition) is 1. The number of halogens is 3. The van der Waals surface area contributed by atoms with Crippen LogP contribution in [0.3, 0.4) is 0 Å². The van der Waals surface area contributed by atoms with E-state index in [-0.39, 0.29) is 6.04 Å². The summed E-state index contributed by atoms with van der Waals surface area (Å²) in [7, 11) is 0. The van der Waals surface area contributed by atoms with Crippen LogP contribution in [0.15, 0.2) is 30.2 Å². The van der Waals surface area contributed by atoms with Crippen molar-refractivity contribution in [2.24, 2.45) is 0 Å². The molecule has 1 aliphatic rings. The van der Waals surface area contributed by atoms with Gasteiger partial charge in [0.1, 0.15) is 30.0 Å². The maximum Gasteiger partial charge on any atom is 0.433 e. The molecule has 0 spiro atoms. The summed E-state index contributed by atoms with van der Waals surface area (Å²) >= 11 is 1.58. The van der Waals surface area contributed by atoms with Crippen LogP contribution in [0.1, 0.15) is 18.5 Å². The van der Waals surface area contributed by atoms with E-state index in [9.17, 15) is 13.2 Å². The van der Waals surface area contributed by atoms with Gasteiger partial charge in [-0.3, -0.25) is 0 Å². The highest BCUT2D eigenvalue weighted by Crippen LogP contribution is 2.30. The van der Waals surface area contributed by atoms with E-state index in [0.717, 1.165) is 41.3 Å². The Morgan fingerprint density at radius 3 is 2.62 bits per heavy atom. The summed E-state index contributed by atoms with van der Waals surface area (Å²) in [6, 6.07) is 3.16. The Kier molecular flexibility index (Phi) is 4.35. The highest BCUT2D eigenvalue weighted by Gasteiger charge is 2.33. The van der Waals surface area contributed by atoms with Crippen molar-refractivity contribution in [3.05, 3.63) is 35.9 Å². The van der Waals surface area contributed by atoms with Crippen LogP contribution in [-0.4, -0.2) is 39.1 Å². The quantitative estimate of drug-likeness (QED) is 0.749. The summed E-state index contributed by atoms with van der Waals surface area (Å²) in [6.07, 6.45) is -0.399. The van der Waals surface area contributed by atoms with Gasteiger partial charge in [-0.2, -0.15) is 13.2 Å². The smallest absolute Gasteiger partial charge is 0.366 e. The molecule has 26 heavy (non-hydrogen) atoms. The lowest BCUT2D eigenvalue weighted by atomic mass is 10.0. The number of rotatable bonds is 3. The van der Waals surface area contributed by atoms with Gasteiger partial charge in [0.25, 0.3) is 0 Å². The highest BCUT2D eigenvalue weighted by molar-refractivity contribution is 7.17. The van der Waals surface area contributed by atoms with E-state index in [4.69, 9.17) is 0 Å². The second-order valence-electron chi connectivity index (χ2n) is 6.02. The number of piperidine rings is 1. The number of aromatic nitrogens is 4. The van der Waals surface area contributed by atoms with Gasteiger partial charge in [0, 0.05) is 25.2 Å². The fourth-order valence-electron chi connectivity index (χ4n) is 3.01. The van der Waals surface area contributed by atoms with E-state index < -0.39 is 11.9 Å². The van der Waals surface area contributed by atoms with Crippen LogP contribution in [0.2, 0.25) is 0 Å². The summed E-state index contributed by atoms with van der Waals surface area (Å²) in [5, 5.41) is 5.41. The average molecular weight is 380 g/mol. The topological polar surface area (TPSA) is 66.8 Å². The average Bonchev–Trinajstić information content (AvgIpc) is 3.12. The Hall–Kier alpha value is -2.49. The van der Waals surface area contributed by atoms with Crippen molar-refractivity contribution in [1.29, 1.82) is 0 Å². The van der Waals surface area contributed by atoms with Crippen LogP contribution in [0.25, 0.3) is 10.2 Å². The second-order valence-corrected chi connectivity index (χ2v) is 6.94. The molecule has 0 saturated carbocycles. The standard InChI is InChI=1S/C16H15F3N6S/c17-16(18,19)12-7-13(22-9-21-12)25-4-1-10(2-5-25)24-15-14-11(3-6-26-14)20-8-23-15/h3,6-10H,1-2,4-5H2,(H,20,23,24). The molecule has 0 bridgehead atoms. The van der Waals surface area contributed by atoms with Crippen molar-refractivity contribution in [2.45, 2.75) is 25.1 Å². The minimum Gasteiger partial charge on any atom is -0.366 e. The van der Waals surface area contributed by atoms with E-state index in [1.54, 1.807) is 11.3 Å². The Bertz CT molecular complexity index is 904. The number of nitrogens with zero attached hydrogens (tertiary/aromatic N) is 5. The fraction of sp³-hybridized carbons (Fsp3) is 0.375. The summed E-state index contributed by atoms with van der Waals surface area (Å²) in [5.41, 5.74) is -0.00516. The zero-order valence-electron chi connectivity index (χ0n) is 13.6. The van der Waals surface area contributed by atoms with E-state index in [1.807, 2.05) is 16.3 Å². The zero-order chi connectivity index (χ0) is 18.1. The van der Waals surface area contributed by atoms with Crippen molar-refractivity contribution in [1.82, 2.24) is 19.9 Å². The molecule has 0 atom stereocenters. The van der Waals surface area contributed by atoms with E-state index in [0.29, 0.717) is 18.9 Å². The van der Waals surface area contributed by atoms with Crippen LogP contribution in [-0.2, 0) is 6.18 Å². The largest absolute Gasteiger partial charge is 0.433 e. The molecule has 3 aromatic heterocycles. The maximum atomic E-state index is 12.8. The van der Waals surface area contributed by atoms with Crippen LogP contribution >= 0.6 is 11.3 Å². The molecule has 0 aromatic carbocycles. The number of nitrogens with one attached hydrogen (secondary N) is 1. The zero-order valence-corrected chi connectivity index (χ0v) is 14.4. The molecule has 10 heteroatoms. The molecule has 6 nitrogen and oxygen atoms in total. The monoisotopic (exact) mass is 380 g/mol. The Balaban J connectivity index is 1.42. The molecular formula is C16H15F3N6S. The van der Waals surface area contributed by atoms with E-state index in [1.165, 1.54) is 6.33 Å². The molecule has 0 radical (unpaired) electrons. The number of fused-ring (bicyclic) bond motifs is 1. The van der Waals surface area contributed by atoms with Crippen LogP contribution in [0.5, 0.6) is 0 Å². The van der Waals surface area contributed by atoms with E-state index >= 15 is 0 Å². The molecule has 1 fully saturated rings. The number of alkyl halides is 3. The highest BCUT2D eigenvalue weighted by atomic mass is 32.1. The second kappa shape index (κ2) is 6.67. The van der Waals surface area contributed by atoms with Crippen molar-refractivity contribution in [2.75, 3.05) is 23.3 Å². The molecule has 1 saturated heterocycles. The van der Waals surface area contributed by atoms with Gasteiger partial charge < -0.3 is 10.2 Å². The molecule has 4 rings (SSSR count). The lowest BCUT2D eigenvalue weighted by Gasteiger charge is -2.33. The molecule has 1 N–H and O–H groups in total. The molecule has 136 valence electrons. The molecule has 0 amide bonds. The minimum absolute atomic E-state index is 0.204. The maximum absolute atomic E-state index is 12.8. The third-order valence-corrected chi connectivity index (χ3v) is 5.26. The molecular weight excluding hydrogens is 365 g/mol. The third kappa shape index (κ3) is 3.41. The summed E-state index contributed by atoms with van der Waals surface area (Å²) < 4.78 is 39.4. The minimum atomic E-state index is -4.46. The Morgan fingerprint density at radius 1 is 1.08 bits per heavy atom. The SMILES string of the molecule is FC(F)(F)c1cc(N2CCC(Nc3ncnc4ccsc34)CC2)ncn1. The summed E-state index contributed by atoms with van der Waals surface area (Å²) in [4.78, 5) is 17.7. The first-order valence-corrected chi connectivity index (χ1v) is 8.97. The van der Waals surface area contributed by atoms with Gasteiger partial charge in [0.2, 0.25) is 0 Å². The predicted octanol–water partition coefficient (Wildman–Crippen LogP) is 3.58. The van der Waals surface area contributed by atoms with Gasteiger partial charge in [0.15, 0.2) is 0 Å². The first-order valence-electron chi connectivity index (χ1n) is 8.09. The molecule has 0 aliphatic carbocycles. The first-order chi connectivity index (χ1) is 12.5. The third-order valence-electron chi connectivity index (χ3n) is 4.35. The van der Waals surface area contributed by atoms with Crippen molar-refractivity contribution < 1.29 is 13.2 Å². The predicted molar refractivity (Wildman–Crippen MR) is 93.3 cm³/mol. The van der Waals surface area contributed by atoms with Crippen LogP contribution in [0.4, 0.5) is 24.8 Å². The van der Waals surface area contributed by atoms with Gasteiger partial charge in [-0.05, 0) is 24.3 Å². The van der Waals surface area contributed by atoms with Gasteiger partial charge >= 0.3 is 6.18 Å². The van der Waals surface area contributed by atoms with Gasteiger partial charge in [-0.15, -0.1) is 11.3 Å². The van der Waals surface area contributed by atoms with Crippen molar-refractivity contribution >= 4 is 33.2 Å². The molecule has 0 unspecified atom stereocenters. The molecule has 1 aliphatic heterocycles. The lowest BCUT2D eigenvalue weighted by molar-refractivity contribution is -0.141. The first kappa shape index (κ1) is 17.0. The summed E-state index contributed by atoms with van der Waals surface area (Å²) in [6.45, 7) is 1.23. The van der Waals surface area contributed by atoms with Gasteiger partial charge in [-0.25, -0.2) is 19.9 Å². The number of hydrogen-bond acceptors (Lipinski definition) is 7. The Labute approximate surface area is 151 Å². The Morgan fingerprint density at radius 2 is 1.85 bits per heavy atom. The fourth-order valence-corrected chi connectivity index (χ4v) is 3.81. The summed E-state index contributed by atoms with van der Waals surface area (Å²) in [5.74, 6) is 1.12. The normalized spacial score (nSPS) is 16.2.